The predicted molar refractivity (Wildman–Crippen MR) is 109 cm³/mol. The Morgan fingerprint density at radius 2 is 1.88 bits per heavy atom. The molecule has 0 aromatic rings. The number of hydrogen-bond donors (Lipinski definition) is 3. The normalized spacial score (nSPS) is 46.7. The number of methoxy groups -OCH3 is 1. The van der Waals surface area contributed by atoms with Crippen LogP contribution in [-0.2, 0) is 38.1 Å². The van der Waals surface area contributed by atoms with Crippen molar-refractivity contribution in [3.8, 4) is 0 Å². The van der Waals surface area contributed by atoms with Gasteiger partial charge in [0.05, 0.1) is 25.7 Å². The fraction of sp³-hybridized carbons (Fsp3) is 0.652. The Labute approximate surface area is 194 Å². The fourth-order valence-electron chi connectivity index (χ4n) is 7.49. The molecule has 3 aliphatic carbocycles. The molecule has 2 saturated carbocycles. The van der Waals surface area contributed by atoms with Crippen molar-refractivity contribution in [2.45, 2.75) is 57.2 Å². The number of fused-ring (bicyclic) bond motifs is 2. The van der Waals surface area contributed by atoms with E-state index >= 15 is 0 Å². The lowest BCUT2D eigenvalue weighted by atomic mass is 9.40. The summed E-state index contributed by atoms with van der Waals surface area (Å²) in [4.78, 5) is 50.7. The van der Waals surface area contributed by atoms with Crippen molar-refractivity contribution in [2.75, 3.05) is 13.7 Å². The summed E-state index contributed by atoms with van der Waals surface area (Å²) in [7, 11) is 1.08. The maximum atomic E-state index is 13.1. The molecule has 1 spiro atoms. The van der Waals surface area contributed by atoms with Gasteiger partial charge in [-0.1, -0.05) is 6.92 Å². The Hall–Kier alpha value is -2.76. The number of hydrogen-bond acceptors (Lipinski definition) is 11. The molecule has 0 radical (unpaired) electrons. The molecule has 0 aromatic carbocycles. The van der Waals surface area contributed by atoms with Gasteiger partial charge < -0.3 is 34.3 Å². The van der Waals surface area contributed by atoms with E-state index in [1.54, 1.807) is 6.92 Å². The van der Waals surface area contributed by atoms with Crippen molar-refractivity contribution in [3.05, 3.63) is 23.0 Å². The Bertz CT molecular complexity index is 1090. The Morgan fingerprint density at radius 1 is 1.21 bits per heavy atom. The smallest absolute Gasteiger partial charge is 0.348 e. The number of aliphatic hydroxyl groups excluding tert-OH is 3. The zero-order valence-electron chi connectivity index (χ0n) is 19.1. The van der Waals surface area contributed by atoms with E-state index in [0.29, 0.717) is 5.57 Å². The van der Waals surface area contributed by atoms with E-state index < -0.39 is 82.1 Å². The van der Waals surface area contributed by atoms with E-state index in [9.17, 15) is 34.5 Å². The van der Waals surface area contributed by atoms with Crippen LogP contribution in [0.2, 0.25) is 0 Å². The zero-order chi connectivity index (χ0) is 25.0. The average molecular weight is 478 g/mol. The molecule has 2 aliphatic heterocycles. The molecule has 2 heterocycles. The molecular weight excluding hydrogens is 452 g/mol. The first kappa shape index (κ1) is 23.0. The second kappa shape index (κ2) is 6.89. The second-order valence-corrected chi connectivity index (χ2v) is 9.98. The van der Waals surface area contributed by atoms with Crippen LogP contribution in [0.5, 0.6) is 0 Å². The topological polar surface area (TPSA) is 166 Å². The minimum absolute atomic E-state index is 0.0623. The third-order valence-electron chi connectivity index (χ3n) is 8.62. The van der Waals surface area contributed by atoms with Gasteiger partial charge in [-0.3, -0.25) is 9.59 Å². The van der Waals surface area contributed by atoms with Gasteiger partial charge >= 0.3 is 17.9 Å². The summed E-state index contributed by atoms with van der Waals surface area (Å²) in [6.45, 7) is 4.11. The highest BCUT2D eigenvalue weighted by atomic mass is 16.6. The minimum atomic E-state index is -2.20. The summed E-state index contributed by atoms with van der Waals surface area (Å²) in [6.07, 6.45) is -4.67. The molecule has 0 aromatic heterocycles. The number of allylic oxidation sites excluding steroid dienone is 2. The molecule has 11 nitrogen and oxygen atoms in total. The van der Waals surface area contributed by atoms with Crippen LogP contribution in [0.3, 0.4) is 0 Å². The van der Waals surface area contributed by atoms with Crippen LogP contribution < -0.4 is 0 Å². The van der Waals surface area contributed by atoms with Crippen molar-refractivity contribution in [3.63, 3.8) is 0 Å². The number of ketones is 1. The molecule has 2 bridgehead atoms. The van der Waals surface area contributed by atoms with Gasteiger partial charge in [-0.25, -0.2) is 9.59 Å². The first-order valence-corrected chi connectivity index (χ1v) is 11.0. The van der Waals surface area contributed by atoms with Gasteiger partial charge in [0.25, 0.3) is 0 Å². The molecule has 2 saturated heterocycles. The highest BCUT2D eigenvalue weighted by molar-refractivity contribution is 6.08. The lowest BCUT2D eigenvalue weighted by Crippen LogP contribution is -2.78. The van der Waals surface area contributed by atoms with Gasteiger partial charge in [0.15, 0.2) is 5.76 Å². The van der Waals surface area contributed by atoms with E-state index in [-0.39, 0.29) is 18.6 Å². The Kier molecular flexibility index (Phi) is 4.66. The number of carbonyl (C=O) groups is 4. The average Bonchev–Trinajstić information content (AvgIpc) is 3.08. The van der Waals surface area contributed by atoms with E-state index in [1.165, 1.54) is 13.0 Å². The van der Waals surface area contributed by atoms with Gasteiger partial charge in [-0.2, -0.15) is 0 Å². The van der Waals surface area contributed by atoms with Crippen molar-refractivity contribution in [2.24, 2.45) is 22.7 Å². The molecular formula is C23H26O11. The van der Waals surface area contributed by atoms with Crippen LogP contribution >= 0.6 is 0 Å². The molecule has 5 rings (SSSR count). The highest BCUT2D eigenvalue weighted by Gasteiger charge is 2.84. The molecule has 9 unspecified atom stereocenters. The number of aliphatic hydroxyl groups is 3. The Morgan fingerprint density at radius 3 is 2.50 bits per heavy atom. The van der Waals surface area contributed by atoms with Crippen molar-refractivity contribution < 1.29 is 53.4 Å². The second-order valence-electron chi connectivity index (χ2n) is 9.98. The summed E-state index contributed by atoms with van der Waals surface area (Å²) >= 11 is 0. The van der Waals surface area contributed by atoms with Crippen LogP contribution in [0.15, 0.2) is 23.0 Å². The van der Waals surface area contributed by atoms with Crippen LogP contribution in [0.4, 0.5) is 0 Å². The monoisotopic (exact) mass is 478 g/mol. The third-order valence-corrected chi connectivity index (χ3v) is 8.62. The largest absolute Gasteiger partial charge is 0.504 e. The lowest BCUT2D eigenvalue weighted by molar-refractivity contribution is -0.272. The maximum Gasteiger partial charge on any atom is 0.348 e. The number of esters is 3. The van der Waals surface area contributed by atoms with Crippen molar-refractivity contribution in [1.82, 2.24) is 0 Å². The van der Waals surface area contributed by atoms with Crippen molar-refractivity contribution >= 4 is 23.7 Å². The SMILES string of the molecule is COC(=O)C12OCC34C(CC5=C(C)C(=O)C(O)=CC5(C)C3C(O)C1O)OC(=O)C(OC(C)=O)C24. The Balaban J connectivity index is 1.81. The summed E-state index contributed by atoms with van der Waals surface area (Å²) in [5.74, 6) is -6.09. The number of Topliss-reactive ketones (excluding diaryl/α,β-unsaturated/α-hetero) is 1. The molecule has 3 N–H and O–H groups in total. The molecule has 5 aliphatic rings. The summed E-state index contributed by atoms with van der Waals surface area (Å²) in [5.41, 5.74) is -3.89. The molecule has 34 heavy (non-hydrogen) atoms. The lowest BCUT2D eigenvalue weighted by Gasteiger charge is -2.65. The maximum absolute atomic E-state index is 13.1. The van der Waals surface area contributed by atoms with Crippen LogP contribution in [0, 0.1) is 22.7 Å². The number of rotatable bonds is 2. The first-order valence-electron chi connectivity index (χ1n) is 11.0. The quantitative estimate of drug-likeness (QED) is 0.346. The highest BCUT2D eigenvalue weighted by Crippen LogP contribution is 2.71. The molecule has 11 heteroatoms. The third kappa shape index (κ3) is 2.37. The number of ether oxygens (including phenoxy) is 4. The van der Waals surface area contributed by atoms with Gasteiger partial charge in [-0.15, -0.1) is 0 Å². The van der Waals surface area contributed by atoms with Gasteiger partial charge in [-0.05, 0) is 18.6 Å². The molecule has 9 atom stereocenters. The molecule has 4 fully saturated rings. The van der Waals surface area contributed by atoms with E-state index in [2.05, 4.69) is 0 Å². The van der Waals surface area contributed by atoms with Crippen LogP contribution in [-0.4, -0.2) is 82.7 Å². The van der Waals surface area contributed by atoms with Crippen molar-refractivity contribution in [1.29, 1.82) is 0 Å². The van der Waals surface area contributed by atoms with Gasteiger partial charge in [0, 0.05) is 35.7 Å². The van der Waals surface area contributed by atoms with Gasteiger partial charge in [0.2, 0.25) is 17.5 Å². The predicted octanol–water partition coefficient (Wildman–Crippen LogP) is -0.509. The van der Waals surface area contributed by atoms with E-state index in [4.69, 9.17) is 18.9 Å². The van der Waals surface area contributed by atoms with E-state index in [0.717, 1.165) is 14.0 Å². The van der Waals surface area contributed by atoms with Gasteiger partial charge in [0.1, 0.15) is 12.2 Å². The van der Waals surface area contributed by atoms with E-state index in [1.807, 2.05) is 0 Å². The zero-order valence-corrected chi connectivity index (χ0v) is 19.1. The minimum Gasteiger partial charge on any atom is -0.504 e. The number of carbonyl (C=O) groups excluding carboxylic acids is 4. The standard InChI is InChI=1S/C23H26O11/c1-8-10-5-12-22-7-32-23(20(30)31-4,17(22)15(19(29)34-12)33-9(2)24)18(28)14(27)16(22)21(10,3)6-11(25)13(8)26/h6,12,14-18,25,27-28H,5,7H2,1-4H3. The first-order chi connectivity index (χ1) is 15.9. The summed E-state index contributed by atoms with van der Waals surface area (Å²) in [5, 5.41) is 33.3. The summed E-state index contributed by atoms with van der Waals surface area (Å²) in [6, 6.07) is 0. The van der Waals surface area contributed by atoms with Crippen LogP contribution in [0.25, 0.3) is 0 Å². The molecule has 184 valence electrons. The summed E-state index contributed by atoms with van der Waals surface area (Å²) < 4.78 is 21.9. The molecule has 0 amide bonds. The van der Waals surface area contributed by atoms with Crippen LogP contribution in [0.1, 0.15) is 27.2 Å². The fourth-order valence-corrected chi connectivity index (χ4v) is 7.49.